The molecule has 0 fully saturated rings. The van der Waals surface area contributed by atoms with E-state index in [2.05, 4.69) is 30.6 Å². The van der Waals surface area contributed by atoms with Gasteiger partial charge in [-0.2, -0.15) is 4.98 Å². The Hall–Kier alpha value is -4.99. The molecule has 0 aliphatic heterocycles. The van der Waals surface area contributed by atoms with E-state index in [1.54, 1.807) is 12.1 Å². The predicted molar refractivity (Wildman–Crippen MR) is 168 cm³/mol. The first-order chi connectivity index (χ1) is 21.7. The highest BCUT2D eigenvalue weighted by atomic mass is 33.1. The van der Waals surface area contributed by atoms with E-state index in [9.17, 15) is 28.8 Å². The molecule has 0 radical (unpaired) electrons. The van der Waals surface area contributed by atoms with Crippen molar-refractivity contribution in [3.05, 3.63) is 52.1 Å². The van der Waals surface area contributed by atoms with Gasteiger partial charge in [0.1, 0.15) is 18.1 Å². The summed E-state index contributed by atoms with van der Waals surface area (Å²) in [5, 5.41) is 40.0. The molecule has 1 amide bonds. The van der Waals surface area contributed by atoms with Crippen molar-refractivity contribution in [1.82, 2.24) is 25.3 Å². The Bertz CT molecular complexity index is 1590. The van der Waals surface area contributed by atoms with E-state index in [1.165, 1.54) is 39.9 Å². The molecule has 0 saturated carbocycles. The molecule has 0 aliphatic rings. The molecule has 3 atom stereocenters. The Morgan fingerprint density at radius 2 is 1.48 bits per heavy atom. The maximum absolute atomic E-state index is 12.3. The number of aromatic amines is 1. The molecule has 2 heterocycles. The van der Waals surface area contributed by atoms with Gasteiger partial charge >= 0.3 is 23.9 Å². The van der Waals surface area contributed by atoms with Crippen molar-refractivity contribution < 1.29 is 44.4 Å². The molecule has 3 aromatic rings. The van der Waals surface area contributed by atoms with Crippen LogP contribution in [0.2, 0.25) is 0 Å². The molecule has 3 unspecified atom stereocenters. The van der Waals surface area contributed by atoms with Crippen molar-refractivity contribution in [2.75, 3.05) is 22.6 Å². The molecule has 0 spiro atoms. The summed E-state index contributed by atoms with van der Waals surface area (Å²) in [6.07, 6.45) is 0.840. The largest absolute Gasteiger partial charge is 0.481 e. The fourth-order valence-electron chi connectivity index (χ4n) is 3.14. The minimum Gasteiger partial charge on any atom is -0.481 e. The Balaban J connectivity index is 0.000000444. The van der Waals surface area contributed by atoms with Crippen molar-refractivity contribution in [3.8, 4) is 0 Å². The number of amides is 1. The molecule has 248 valence electrons. The summed E-state index contributed by atoms with van der Waals surface area (Å²) in [4.78, 5) is 81.1. The van der Waals surface area contributed by atoms with E-state index in [4.69, 9.17) is 37.6 Å². The lowest BCUT2D eigenvalue weighted by molar-refractivity contribution is -0.141. The van der Waals surface area contributed by atoms with Crippen LogP contribution in [0.5, 0.6) is 0 Å². The molecule has 46 heavy (non-hydrogen) atoms. The summed E-state index contributed by atoms with van der Waals surface area (Å²) in [6, 6.07) is 3.02. The van der Waals surface area contributed by atoms with Crippen LogP contribution >= 0.6 is 21.6 Å². The molecule has 19 nitrogen and oxygen atoms in total. The van der Waals surface area contributed by atoms with Gasteiger partial charge < -0.3 is 48.3 Å². The zero-order valence-corrected chi connectivity index (χ0v) is 25.4. The number of anilines is 2. The van der Waals surface area contributed by atoms with Crippen LogP contribution in [0.25, 0.3) is 11.2 Å². The summed E-state index contributed by atoms with van der Waals surface area (Å²) >= 11 is 0. The second-order valence-corrected chi connectivity index (χ2v) is 11.7. The molecule has 13 N–H and O–H groups in total. The molecular weight excluding hydrogens is 650 g/mol. The van der Waals surface area contributed by atoms with Gasteiger partial charge in [-0.15, -0.1) is 0 Å². The summed E-state index contributed by atoms with van der Waals surface area (Å²) in [7, 11) is 2.41. The summed E-state index contributed by atoms with van der Waals surface area (Å²) in [5.41, 5.74) is 16.9. The predicted octanol–water partition coefficient (Wildman–Crippen LogP) is -0.853. The average Bonchev–Trinajstić information content (AvgIpc) is 3.00. The Morgan fingerprint density at radius 3 is 2.00 bits per heavy atom. The van der Waals surface area contributed by atoms with Crippen LogP contribution in [0.1, 0.15) is 28.9 Å². The van der Waals surface area contributed by atoms with Crippen LogP contribution in [0.4, 0.5) is 11.6 Å². The van der Waals surface area contributed by atoms with Crippen LogP contribution in [0.15, 0.2) is 35.3 Å². The fourth-order valence-corrected chi connectivity index (χ4v) is 5.37. The van der Waals surface area contributed by atoms with Gasteiger partial charge in [-0.1, -0.05) is 21.6 Å². The molecule has 3 rings (SSSR count). The first-order valence-corrected chi connectivity index (χ1v) is 15.5. The highest BCUT2D eigenvalue weighted by Gasteiger charge is 2.21. The lowest BCUT2D eigenvalue weighted by Crippen LogP contribution is -2.41. The number of nitrogens with one attached hydrogen (secondary N) is 3. The van der Waals surface area contributed by atoms with Crippen molar-refractivity contribution in [3.63, 3.8) is 0 Å². The first kappa shape index (κ1) is 37.2. The minimum atomic E-state index is -1.31. The molecule has 0 saturated heterocycles. The molecule has 0 aliphatic carbocycles. The molecule has 2 aromatic heterocycles. The molecule has 1 aromatic carbocycles. The maximum Gasteiger partial charge on any atom is 0.326 e. The van der Waals surface area contributed by atoms with Crippen molar-refractivity contribution >= 4 is 74.2 Å². The first-order valence-electron chi connectivity index (χ1n) is 13.0. The normalized spacial score (nSPS) is 12.6. The van der Waals surface area contributed by atoms with Gasteiger partial charge in [-0.3, -0.25) is 29.0 Å². The average molecular weight is 682 g/mol. The number of fused-ring (bicyclic) bond motifs is 1. The molecule has 21 heteroatoms. The summed E-state index contributed by atoms with van der Waals surface area (Å²) in [6.45, 7) is 0.231. The number of rotatable bonds is 16. The smallest absolute Gasteiger partial charge is 0.326 e. The second kappa shape index (κ2) is 18.1. The number of hydrogen-bond acceptors (Lipinski definition) is 15. The molecular formula is C25H31N9O10S2. The van der Waals surface area contributed by atoms with Crippen LogP contribution in [0, 0.1) is 0 Å². The SMILES string of the molecule is NC(CSSCC(N)C(=O)O)C(=O)O.Nc1nc2ncc(CNc3ccc(C(=O)NC(CCC(=O)O)C(=O)O)cc3)nc2c(=O)[nH]1. The van der Waals surface area contributed by atoms with Crippen molar-refractivity contribution in [2.24, 2.45) is 11.5 Å². The van der Waals surface area contributed by atoms with E-state index in [-0.39, 0.29) is 53.6 Å². The lowest BCUT2D eigenvalue weighted by Gasteiger charge is -2.14. The topological polar surface area (TPSA) is 340 Å². The Kier molecular flexibility index (Phi) is 14.6. The minimum absolute atomic E-state index is 0.0524. The van der Waals surface area contributed by atoms with Gasteiger partial charge in [0.15, 0.2) is 11.2 Å². The van der Waals surface area contributed by atoms with Gasteiger partial charge in [-0.25, -0.2) is 14.8 Å². The van der Waals surface area contributed by atoms with Gasteiger partial charge in [-0.05, 0) is 30.7 Å². The number of carboxylic acid groups (broad SMARTS) is 4. The number of carbonyl (C=O) groups is 5. The Labute approximate surface area is 267 Å². The maximum atomic E-state index is 12.3. The highest BCUT2D eigenvalue weighted by Crippen LogP contribution is 2.22. The number of aliphatic carboxylic acids is 4. The quantitative estimate of drug-likeness (QED) is 0.0649. The molecule has 0 bridgehead atoms. The lowest BCUT2D eigenvalue weighted by atomic mass is 10.1. The van der Waals surface area contributed by atoms with Crippen LogP contribution in [0.3, 0.4) is 0 Å². The van der Waals surface area contributed by atoms with E-state index in [0.29, 0.717) is 11.4 Å². The fraction of sp³-hybridized carbons (Fsp3) is 0.320. The number of nitrogens with zero attached hydrogens (tertiary/aromatic N) is 3. The second-order valence-electron chi connectivity index (χ2n) is 9.17. The van der Waals surface area contributed by atoms with E-state index < -0.39 is 53.5 Å². The zero-order chi connectivity index (χ0) is 34.4. The summed E-state index contributed by atoms with van der Waals surface area (Å²) in [5.74, 6) is -4.84. The van der Waals surface area contributed by atoms with E-state index in [1.807, 2.05) is 0 Å². The number of H-pyrrole nitrogens is 1. The van der Waals surface area contributed by atoms with E-state index in [0.717, 1.165) is 0 Å². The van der Waals surface area contributed by atoms with Gasteiger partial charge in [0.2, 0.25) is 5.95 Å². The number of hydrogen-bond donors (Lipinski definition) is 10. The third-order valence-electron chi connectivity index (χ3n) is 5.57. The van der Waals surface area contributed by atoms with Crippen LogP contribution in [-0.4, -0.2) is 99.8 Å². The number of nitrogens with two attached hydrogens (primary N) is 3. The van der Waals surface area contributed by atoms with Crippen molar-refractivity contribution in [1.29, 1.82) is 0 Å². The number of carboxylic acids is 4. The third kappa shape index (κ3) is 12.6. The van der Waals surface area contributed by atoms with Crippen LogP contribution < -0.4 is 33.4 Å². The van der Waals surface area contributed by atoms with Gasteiger partial charge in [0, 0.05) is 29.2 Å². The standard InChI is InChI=1S/C19H19N7O6.C6H12N2O4S2/c20-19-25-15-14(17(30)26-19)23-11(8-22-15)7-21-10-3-1-9(2-4-10)16(29)24-12(18(31)32)5-6-13(27)28;7-3(5(9)10)1-13-14-2-4(8)6(11)12/h1-4,8,12,21H,5-7H2,(H,24,29)(H,27,28)(H,31,32)(H3,20,22,25,26,30);3-4H,1-2,7-8H2,(H,9,10)(H,11,12). The van der Waals surface area contributed by atoms with Crippen molar-refractivity contribution in [2.45, 2.75) is 37.5 Å². The van der Waals surface area contributed by atoms with Gasteiger partial charge in [0.05, 0.1) is 18.4 Å². The third-order valence-corrected chi connectivity index (χ3v) is 8.04. The zero-order valence-electron chi connectivity index (χ0n) is 23.8. The number of carbonyl (C=O) groups excluding carboxylic acids is 1. The number of nitrogen functional groups attached to an aromatic ring is 1. The number of aromatic nitrogens is 4. The van der Waals surface area contributed by atoms with E-state index >= 15 is 0 Å². The van der Waals surface area contributed by atoms with Crippen LogP contribution in [-0.2, 0) is 25.7 Å². The number of benzene rings is 1. The summed E-state index contributed by atoms with van der Waals surface area (Å²) < 4.78 is 0. The van der Waals surface area contributed by atoms with Gasteiger partial charge in [0.25, 0.3) is 11.5 Å². The highest BCUT2D eigenvalue weighted by molar-refractivity contribution is 8.76. The Morgan fingerprint density at radius 1 is 0.891 bits per heavy atom. The monoisotopic (exact) mass is 681 g/mol.